The van der Waals surface area contributed by atoms with Crippen molar-refractivity contribution >= 4 is 5.97 Å². The molecule has 0 heterocycles. The zero-order valence-electron chi connectivity index (χ0n) is 10.3. The Morgan fingerprint density at radius 1 is 1.37 bits per heavy atom. The van der Waals surface area contributed by atoms with Crippen LogP contribution in [0, 0.1) is 6.92 Å². The summed E-state index contributed by atoms with van der Waals surface area (Å²) in [7, 11) is 0. The summed E-state index contributed by atoms with van der Waals surface area (Å²) in [6, 6.07) is 3.13. The first-order valence-corrected chi connectivity index (χ1v) is 5.41. The lowest BCUT2D eigenvalue weighted by Crippen LogP contribution is -2.18. The molecule has 1 aromatic carbocycles. The van der Waals surface area contributed by atoms with Crippen LogP contribution in [0.4, 0.5) is 17.6 Å². The van der Waals surface area contributed by atoms with Crippen molar-refractivity contribution in [3.63, 3.8) is 0 Å². The first kappa shape index (κ1) is 15.3. The van der Waals surface area contributed by atoms with Crippen LogP contribution < -0.4 is 4.74 Å². The molecule has 0 saturated carbocycles. The topological polar surface area (TPSA) is 35.5 Å². The third-order valence-corrected chi connectivity index (χ3v) is 2.21. The average Bonchev–Trinajstić information content (AvgIpc) is 2.29. The van der Waals surface area contributed by atoms with Gasteiger partial charge in [0.25, 0.3) is 0 Å². The number of benzene rings is 1. The number of rotatable bonds is 4. The lowest BCUT2D eigenvalue weighted by atomic mass is 10.1. The van der Waals surface area contributed by atoms with Crippen LogP contribution in [0.25, 0.3) is 0 Å². The van der Waals surface area contributed by atoms with Crippen molar-refractivity contribution in [2.75, 3.05) is 6.61 Å². The van der Waals surface area contributed by atoms with E-state index in [2.05, 4.69) is 9.47 Å². The summed E-state index contributed by atoms with van der Waals surface area (Å²) < 4.78 is 58.0. The minimum Gasteiger partial charge on any atom is -0.464 e. The van der Waals surface area contributed by atoms with E-state index >= 15 is 0 Å². The molecule has 1 atom stereocenters. The Balaban J connectivity index is 2.90. The standard InChI is InChI=1S/C12H12F4O3/c1-3-18-11(17)10(13)8-4-5-9(7(2)6-8)19-12(14,15)16/h4-6,10H,3H2,1-2H3. The largest absolute Gasteiger partial charge is 0.573 e. The highest BCUT2D eigenvalue weighted by Gasteiger charge is 2.32. The summed E-state index contributed by atoms with van der Waals surface area (Å²) in [5.41, 5.74) is -0.00718. The molecule has 1 rings (SSSR count). The second-order valence-electron chi connectivity index (χ2n) is 3.69. The Labute approximate surface area is 107 Å². The van der Waals surface area contributed by atoms with Gasteiger partial charge in [0, 0.05) is 0 Å². The van der Waals surface area contributed by atoms with E-state index in [0.717, 1.165) is 18.2 Å². The van der Waals surface area contributed by atoms with Gasteiger partial charge in [-0.2, -0.15) is 0 Å². The lowest BCUT2D eigenvalue weighted by molar-refractivity contribution is -0.274. The molecular formula is C12H12F4O3. The van der Waals surface area contributed by atoms with Gasteiger partial charge in [-0.15, -0.1) is 13.2 Å². The first-order valence-electron chi connectivity index (χ1n) is 5.41. The fourth-order valence-electron chi connectivity index (χ4n) is 1.42. The zero-order chi connectivity index (χ0) is 14.6. The van der Waals surface area contributed by atoms with E-state index in [1.807, 2.05) is 0 Å². The maximum Gasteiger partial charge on any atom is 0.573 e. The molecule has 0 fully saturated rings. The van der Waals surface area contributed by atoms with Gasteiger partial charge in [0.15, 0.2) is 0 Å². The molecule has 7 heteroatoms. The van der Waals surface area contributed by atoms with Crippen LogP contribution in [-0.4, -0.2) is 18.9 Å². The van der Waals surface area contributed by atoms with Gasteiger partial charge in [-0.25, -0.2) is 9.18 Å². The number of hydrogen-bond donors (Lipinski definition) is 0. The number of hydrogen-bond acceptors (Lipinski definition) is 3. The molecule has 106 valence electrons. The van der Waals surface area contributed by atoms with Crippen molar-refractivity contribution < 1.29 is 31.8 Å². The van der Waals surface area contributed by atoms with Gasteiger partial charge in [-0.3, -0.25) is 0 Å². The third kappa shape index (κ3) is 4.42. The van der Waals surface area contributed by atoms with Crippen molar-refractivity contribution in [3.05, 3.63) is 29.3 Å². The molecule has 1 aromatic rings. The fraction of sp³-hybridized carbons (Fsp3) is 0.417. The monoisotopic (exact) mass is 280 g/mol. The molecule has 0 spiro atoms. The predicted octanol–water partition coefficient (Wildman–Crippen LogP) is 3.47. The van der Waals surface area contributed by atoms with Crippen LogP contribution in [-0.2, 0) is 9.53 Å². The van der Waals surface area contributed by atoms with Gasteiger partial charge in [-0.1, -0.05) is 6.07 Å². The van der Waals surface area contributed by atoms with E-state index in [9.17, 15) is 22.4 Å². The smallest absolute Gasteiger partial charge is 0.464 e. The van der Waals surface area contributed by atoms with Gasteiger partial charge in [0.1, 0.15) is 5.75 Å². The van der Waals surface area contributed by atoms with Crippen LogP contribution >= 0.6 is 0 Å². The molecule has 0 N–H and O–H groups in total. The highest BCUT2D eigenvalue weighted by Crippen LogP contribution is 2.29. The second-order valence-corrected chi connectivity index (χ2v) is 3.69. The maximum atomic E-state index is 13.6. The third-order valence-electron chi connectivity index (χ3n) is 2.21. The number of carbonyl (C=O) groups excluding carboxylic acids is 1. The molecule has 19 heavy (non-hydrogen) atoms. The number of halogens is 4. The van der Waals surface area contributed by atoms with E-state index in [0.29, 0.717) is 0 Å². The number of aryl methyl sites for hydroxylation is 1. The van der Waals surface area contributed by atoms with Gasteiger partial charge in [-0.05, 0) is 37.1 Å². The van der Waals surface area contributed by atoms with Gasteiger partial charge in [0.2, 0.25) is 6.17 Å². The summed E-state index contributed by atoms with van der Waals surface area (Å²) in [4.78, 5) is 11.2. The number of alkyl halides is 4. The van der Waals surface area contributed by atoms with E-state index in [4.69, 9.17) is 0 Å². The van der Waals surface area contributed by atoms with Gasteiger partial charge < -0.3 is 9.47 Å². The molecule has 0 aliphatic carbocycles. The summed E-state index contributed by atoms with van der Waals surface area (Å²) in [5, 5.41) is 0. The summed E-state index contributed by atoms with van der Waals surface area (Å²) in [6.45, 7) is 2.87. The van der Waals surface area contributed by atoms with Gasteiger partial charge in [0.05, 0.1) is 6.61 Å². The molecule has 1 unspecified atom stereocenters. The van der Waals surface area contributed by atoms with Crippen LogP contribution in [0.5, 0.6) is 5.75 Å². The Morgan fingerprint density at radius 3 is 2.47 bits per heavy atom. The molecule has 0 aliphatic rings. The molecule has 0 aromatic heterocycles. The summed E-state index contributed by atoms with van der Waals surface area (Å²) >= 11 is 0. The molecule has 0 amide bonds. The predicted molar refractivity (Wildman–Crippen MR) is 58.3 cm³/mol. The van der Waals surface area contributed by atoms with Crippen LogP contribution in [0.15, 0.2) is 18.2 Å². The van der Waals surface area contributed by atoms with E-state index in [-0.39, 0.29) is 17.7 Å². The minimum atomic E-state index is -4.82. The van der Waals surface area contributed by atoms with E-state index in [1.165, 1.54) is 13.8 Å². The maximum absolute atomic E-state index is 13.6. The molecule has 0 bridgehead atoms. The molecule has 0 radical (unpaired) electrons. The van der Waals surface area contributed by atoms with Crippen LogP contribution in [0.2, 0.25) is 0 Å². The number of esters is 1. The SMILES string of the molecule is CCOC(=O)C(F)c1ccc(OC(F)(F)F)c(C)c1. The van der Waals surface area contributed by atoms with Crippen molar-refractivity contribution in [3.8, 4) is 5.75 Å². The Hall–Kier alpha value is -1.79. The molecule has 0 saturated heterocycles. The Bertz CT molecular complexity index is 457. The highest BCUT2D eigenvalue weighted by atomic mass is 19.4. The number of carbonyl (C=O) groups is 1. The Kier molecular flexibility index (Phi) is 4.74. The highest BCUT2D eigenvalue weighted by molar-refractivity contribution is 5.76. The summed E-state index contributed by atoms with van der Waals surface area (Å²) in [6.07, 6.45) is -6.85. The average molecular weight is 280 g/mol. The number of ether oxygens (including phenoxy) is 2. The van der Waals surface area contributed by atoms with Crippen molar-refractivity contribution in [1.82, 2.24) is 0 Å². The molecule has 3 nitrogen and oxygen atoms in total. The molecule has 0 aliphatic heterocycles. The lowest BCUT2D eigenvalue weighted by Gasteiger charge is -2.13. The first-order chi connectivity index (χ1) is 8.74. The van der Waals surface area contributed by atoms with Gasteiger partial charge >= 0.3 is 12.3 Å². The Morgan fingerprint density at radius 2 is 2.00 bits per heavy atom. The minimum absolute atomic E-state index is 0.0213. The fourth-order valence-corrected chi connectivity index (χ4v) is 1.42. The van der Waals surface area contributed by atoms with Crippen LogP contribution in [0.3, 0.4) is 0 Å². The zero-order valence-corrected chi connectivity index (χ0v) is 10.3. The van der Waals surface area contributed by atoms with E-state index < -0.39 is 24.3 Å². The van der Waals surface area contributed by atoms with Crippen molar-refractivity contribution in [1.29, 1.82) is 0 Å². The normalized spacial score (nSPS) is 12.9. The van der Waals surface area contributed by atoms with Crippen molar-refractivity contribution in [2.24, 2.45) is 0 Å². The van der Waals surface area contributed by atoms with E-state index in [1.54, 1.807) is 0 Å². The second kappa shape index (κ2) is 5.90. The van der Waals surface area contributed by atoms with Crippen molar-refractivity contribution in [2.45, 2.75) is 26.4 Å². The van der Waals surface area contributed by atoms with Crippen LogP contribution in [0.1, 0.15) is 24.2 Å². The quantitative estimate of drug-likeness (QED) is 0.626. The molecular weight excluding hydrogens is 268 g/mol. The summed E-state index contributed by atoms with van der Waals surface area (Å²) in [5.74, 6) is -1.52.